The minimum Gasteiger partial charge on any atom is -0.385 e. The molecule has 0 radical (unpaired) electrons. The molecule has 1 N–H and O–H groups in total. The van der Waals surface area contributed by atoms with Crippen molar-refractivity contribution in [2.24, 2.45) is 0 Å². The van der Waals surface area contributed by atoms with Crippen LogP contribution < -0.4 is 0 Å². The molecule has 7 heteroatoms. The molecule has 36 heavy (non-hydrogen) atoms. The summed E-state index contributed by atoms with van der Waals surface area (Å²) in [6.45, 7) is 1.78. The van der Waals surface area contributed by atoms with Crippen LogP contribution >= 0.6 is 15.9 Å². The van der Waals surface area contributed by atoms with Crippen molar-refractivity contribution in [3.8, 4) is 0 Å². The van der Waals surface area contributed by atoms with Gasteiger partial charge in [-0.2, -0.15) is 0 Å². The Morgan fingerprint density at radius 1 is 0.667 bits per heavy atom. The predicted octanol–water partition coefficient (Wildman–Crippen LogP) is 4.87. The molecule has 3 aromatic carbocycles. The van der Waals surface area contributed by atoms with Crippen LogP contribution in [-0.2, 0) is 43.5 Å². The third-order valence-electron chi connectivity index (χ3n) is 5.94. The summed E-state index contributed by atoms with van der Waals surface area (Å²) >= 11 is 3.38. The van der Waals surface area contributed by atoms with Crippen LogP contribution in [0.4, 0.5) is 0 Å². The number of aliphatic hydroxyl groups excluding tert-OH is 1. The minimum atomic E-state index is -1.03. The molecule has 192 valence electrons. The number of alkyl halides is 1. The lowest BCUT2D eigenvalue weighted by molar-refractivity contribution is -0.317. The first kappa shape index (κ1) is 26.9. The predicted molar refractivity (Wildman–Crippen MR) is 141 cm³/mol. The Bertz CT molecular complexity index is 990. The van der Waals surface area contributed by atoms with Crippen LogP contribution in [0.25, 0.3) is 0 Å². The molecule has 0 bridgehead atoms. The number of ether oxygens (including phenoxy) is 5. The molecule has 3 aromatic rings. The van der Waals surface area contributed by atoms with E-state index in [1.165, 1.54) is 0 Å². The van der Waals surface area contributed by atoms with E-state index in [1.54, 1.807) is 0 Å². The second-order valence-corrected chi connectivity index (χ2v) is 9.41. The summed E-state index contributed by atoms with van der Waals surface area (Å²) in [6.07, 6.45) is -3.62. The van der Waals surface area contributed by atoms with Gasteiger partial charge in [-0.1, -0.05) is 107 Å². The molecule has 1 aliphatic rings. The van der Waals surface area contributed by atoms with Gasteiger partial charge in [0, 0.05) is 5.33 Å². The highest BCUT2D eigenvalue weighted by Crippen LogP contribution is 2.29. The Balaban J connectivity index is 1.51. The highest BCUT2D eigenvalue weighted by atomic mass is 79.9. The van der Waals surface area contributed by atoms with Gasteiger partial charge in [-0.25, -0.2) is 0 Å². The van der Waals surface area contributed by atoms with Crippen molar-refractivity contribution >= 4 is 15.9 Å². The van der Waals surface area contributed by atoms with Crippen molar-refractivity contribution in [1.29, 1.82) is 0 Å². The van der Waals surface area contributed by atoms with Gasteiger partial charge < -0.3 is 28.8 Å². The van der Waals surface area contributed by atoms with Gasteiger partial charge in [0.2, 0.25) is 0 Å². The fraction of sp³-hybridized carbons (Fsp3) is 0.379. The van der Waals surface area contributed by atoms with Gasteiger partial charge >= 0.3 is 0 Å². The van der Waals surface area contributed by atoms with Crippen LogP contribution in [0.2, 0.25) is 0 Å². The largest absolute Gasteiger partial charge is 0.385 e. The van der Waals surface area contributed by atoms with Gasteiger partial charge in [-0.3, -0.25) is 0 Å². The standard InChI is InChI=1S/C29H33BrO6/c30-16-17-33-29-26(31)28(35-20-24-14-8-3-9-15-24)27(34-19-23-12-6-2-7-13-23)25(36-29)21-32-18-22-10-4-1-5-11-22/h1-15,25-29,31H,16-21H2/t25-,26+,27-,28-,29+/m1/s1. The molecule has 1 fully saturated rings. The quantitative estimate of drug-likeness (QED) is 0.303. The Morgan fingerprint density at radius 3 is 1.69 bits per heavy atom. The van der Waals surface area contributed by atoms with Crippen molar-refractivity contribution in [2.75, 3.05) is 18.5 Å². The summed E-state index contributed by atoms with van der Waals surface area (Å²) in [4.78, 5) is 0. The molecular weight excluding hydrogens is 524 g/mol. The van der Waals surface area contributed by atoms with Crippen molar-refractivity contribution in [3.05, 3.63) is 108 Å². The molecular formula is C29H33BrO6. The number of aliphatic hydroxyl groups is 1. The van der Waals surface area contributed by atoms with Crippen LogP contribution in [0.5, 0.6) is 0 Å². The molecule has 0 spiro atoms. The van der Waals surface area contributed by atoms with Gasteiger partial charge in [0.1, 0.15) is 24.4 Å². The van der Waals surface area contributed by atoms with E-state index >= 15 is 0 Å². The monoisotopic (exact) mass is 556 g/mol. The molecule has 4 rings (SSSR count). The van der Waals surface area contributed by atoms with E-state index in [0.717, 1.165) is 16.7 Å². The van der Waals surface area contributed by atoms with E-state index in [-0.39, 0.29) is 6.61 Å². The lowest BCUT2D eigenvalue weighted by Gasteiger charge is -2.44. The van der Waals surface area contributed by atoms with E-state index in [0.29, 0.717) is 31.8 Å². The summed E-state index contributed by atoms with van der Waals surface area (Å²) in [7, 11) is 0. The highest BCUT2D eigenvalue weighted by molar-refractivity contribution is 9.09. The Hall–Kier alpha value is -2.10. The maximum Gasteiger partial charge on any atom is 0.186 e. The number of benzene rings is 3. The van der Waals surface area contributed by atoms with Gasteiger partial charge in [-0.15, -0.1) is 0 Å². The first-order valence-electron chi connectivity index (χ1n) is 12.2. The van der Waals surface area contributed by atoms with Crippen molar-refractivity contribution in [2.45, 2.75) is 50.5 Å². The molecule has 0 saturated carbocycles. The van der Waals surface area contributed by atoms with Crippen molar-refractivity contribution < 1.29 is 28.8 Å². The highest BCUT2D eigenvalue weighted by Gasteiger charge is 2.47. The molecule has 1 aliphatic heterocycles. The zero-order chi connectivity index (χ0) is 25.0. The molecule has 1 saturated heterocycles. The van der Waals surface area contributed by atoms with Crippen LogP contribution in [0.15, 0.2) is 91.0 Å². The third-order valence-corrected chi connectivity index (χ3v) is 6.26. The van der Waals surface area contributed by atoms with Crippen LogP contribution in [0, 0.1) is 0 Å². The fourth-order valence-electron chi connectivity index (χ4n) is 4.12. The summed E-state index contributed by atoms with van der Waals surface area (Å²) in [6, 6.07) is 29.8. The van der Waals surface area contributed by atoms with E-state index in [2.05, 4.69) is 15.9 Å². The number of rotatable bonds is 13. The van der Waals surface area contributed by atoms with Crippen LogP contribution in [0.1, 0.15) is 16.7 Å². The number of halogens is 1. The maximum absolute atomic E-state index is 11.2. The van der Waals surface area contributed by atoms with Gasteiger partial charge in [0.25, 0.3) is 0 Å². The molecule has 5 atom stereocenters. The van der Waals surface area contributed by atoms with E-state index in [4.69, 9.17) is 23.7 Å². The lowest BCUT2D eigenvalue weighted by atomic mass is 9.98. The Morgan fingerprint density at radius 2 is 1.17 bits per heavy atom. The SMILES string of the molecule is O[C@@H]1[C@@H](OCCBr)O[C@H](COCc2ccccc2)[C@@H](OCc2ccccc2)[C@@H]1OCc1ccccc1. The molecule has 6 nitrogen and oxygen atoms in total. The van der Waals surface area contributed by atoms with Crippen molar-refractivity contribution in [1.82, 2.24) is 0 Å². The second-order valence-electron chi connectivity index (χ2n) is 8.62. The maximum atomic E-state index is 11.2. The van der Waals surface area contributed by atoms with E-state index < -0.39 is 30.7 Å². The zero-order valence-electron chi connectivity index (χ0n) is 20.2. The zero-order valence-corrected chi connectivity index (χ0v) is 21.7. The van der Waals surface area contributed by atoms with Gasteiger partial charge in [0.15, 0.2) is 6.29 Å². The molecule has 0 amide bonds. The molecule has 0 aliphatic carbocycles. The first-order valence-corrected chi connectivity index (χ1v) is 13.3. The summed E-state index contributed by atoms with van der Waals surface area (Å²) < 4.78 is 30.7. The van der Waals surface area contributed by atoms with Crippen molar-refractivity contribution in [3.63, 3.8) is 0 Å². The third kappa shape index (κ3) is 7.95. The topological polar surface area (TPSA) is 66.4 Å². The number of hydrogen-bond donors (Lipinski definition) is 1. The smallest absolute Gasteiger partial charge is 0.186 e. The average Bonchev–Trinajstić information content (AvgIpc) is 2.93. The van der Waals surface area contributed by atoms with E-state index in [1.807, 2.05) is 91.0 Å². The normalized spacial score (nSPS) is 24.0. The molecule has 0 aromatic heterocycles. The first-order chi connectivity index (χ1) is 17.7. The molecule has 1 heterocycles. The lowest BCUT2D eigenvalue weighted by Crippen LogP contribution is -2.61. The Labute approximate surface area is 221 Å². The van der Waals surface area contributed by atoms with Gasteiger partial charge in [0.05, 0.1) is 33.0 Å². The fourth-order valence-corrected chi connectivity index (χ4v) is 4.31. The minimum absolute atomic E-state index is 0.264. The molecule has 0 unspecified atom stereocenters. The number of hydrogen-bond acceptors (Lipinski definition) is 6. The van der Waals surface area contributed by atoms with Crippen LogP contribution in [0.3, 0.4) is 0 Å². The van der Waals surface area contributed by atoms with Crippen LogP contribution in [-0.4, -0.2) is 54.4 Å². The summed E-state index contributed by atoms with van der Waals surface area (Å²) in [5.41, 5.74) is 3.10. The summed E-state index contributed by atoms with van der Waals surface area (Å²) in [5, 5.41) is 11.8. The average molecular weight is 557 g/mol. The van der Waals surface area contributed by atoms with E-state index in [9.17, 15) is 5.11 Å². The Kier molecular flexibility index (Phi) is 10.9. The van der Waals surface area contributed by atoms with Gasteiger partial charge in [-0.05, 0) is 16.7 Å². The summed E-state index contributed by atoms with van der Waals surface area (Å²) in [5.74, 6) is 0. The second kappa shape index (κ2) is 14.6.